The lowest BCUT2D eigenvalue weighted by Crippen LogP contribution is -2.46. The third-order valence-corrected chi connectivity index (χ3v) is 3.81. The molecule has 0 aliphatic carbocycles. The zero-order chi connectivity index (χ0) is 13.0. The number of likely N-dealkylation sites (tertiary alicyclic amines) is 1. The Hall–Kier alpha value is -1.15. The topological polar surface area (TPSA) is 20.3 Å². The number of nitrogens with zero attached hydrogens (tertiary/aromatic N) is 1. The average molecular weight is 245 g/mol. The van der Waals surface area contributed by atoms with Crippen LogP contribution in [-0.4, -0.2) is 30.3 Å². The van der Waals surface area contributed by atoms with Crippen LogP contribution in [0, 0.1) is 11.8 Å². The number of piperidine rings is 1. The van der Waals surface area contributed by atoms with Crippen molar-refractivity contribution in [1.82, 2.24) is 4.90 Å². The van der Waals surface area contributed by atoms with Crippen LogP contribution in [0.3, 0.4) is 0 Å². The number of rotatable bonds is 4. The largest absolute Gasteiger partial charge is 0.302 e. The van der Waals surface area contributed by atoms with E-state index in [0.717, 1.165) is 25.8 Å². The van der Waals surface area contributed by atoms with E-state index >= 15 is 0 Å². The fourth-order valence-corrected chi connectivity index (χ4v) is 3.10. The van der Waals surface area contributed by atoms with Crippen molar-refractivity contribution in [3.63, 3.8) is 0 Å². The molecular weight excluding hydrogens is 222 g/mol. The summed E-state index contributed by atoms with van der Waals surface area (Å²) < 4.78 is 0. The molecule has 0 spiro atoms. The van der Waals surface area contributed by atoms with Gasteiger partial charge < -0.3 is 4.79 Å². The van der Waals surface area contributed by atoms with E-state index in [-0.39, 0.29) is 6.04 Å². The number of hydrogen-bond donors (Lipinski definition) is 0. The van der Waals surface area contributed by atoms with E-state index in [1.807, 2.05) is 18.2 Å². The summed E-state index contributed by atoms with van der Waals surface area (Å²) in [7, 11) is 0. The molecule has 1 aliphatic heterocycles. The Kier molecular flexibility index (Phi) is 4.54. The van der Waals surface area contributed by atoms with Gasteiger partial charge in [0.25, 0.3) is 0 Å². The second kappa shape index (κ2) is 6.14. The normalized spacial score (nSPS) is 26.8. The van der Waals surface area contributed by atoms with Crippen molar-refractivity contribution in [2.24, 2.45) is 11.8 Å². The SMILES string of the molecule is CC1CC(C)CN(C(C=O)Cc2ccccc2)C1. The molecular formula is C16H23NO. The molecule has 0 N–H and O–H groups in total. The van der Waals surface area contributed by atoms with E-state index < -0.39 is 0 Å². The van der Waals surface area contributed by atoms with Crippen LogP contribution in [0.25, 0.3) is 0 Å². The molecule has 1 saturated heterocycles. The third kappa shape index (κ3) is 3.42. The molecule has 2 heteroatoms. The van der Waals surface area contributed by atoms with Gasteiger partial charge in [0, 0.05) is 13.1 Å². The van der Waals surface area contributed by atoms with Crippen molar-refractivity contribution in [3.05, 3.63) is 35.9 Å². The van der Waals surface area contributed by atoms with E-state index in [1.54, 1.807) is 0 Å². The Morgan fingerprint density at radius 2 is 1.83 bits per heavy atom. The van der Waals surface area contributed by atoms with Crippen LogP contribution in [0.15, 0.2) is 30.3 Å². The zero-order valence-corrected chi connectivity index (χ0v) is 11.4. The first kappa shape index (κ1) is 13.3. The first-order chi connectivity index (χ1) is 8.69. The molecule has 1 aromatic rings. The van der Waals surface area contributed by atoms with Crippen LogP contribution in [0.4, 0.5) is 0 Å². The standard InChI is InChI=1S/C16H23NO/c1-13-8-14(2)11-17(10-13)16(12-18)9-15-6-4-3-5-7-15/h3-7,12-14,16H,8-11H2,1-2H3. The summed E-state index contributed by atoms with van der Waals surface area (Å²) in [6.07, 6.45) is 3.24. The summed E-state index contributed by atoms with van der Waals surface area (Å²) in [5.74, 6) is 1.40. The highest BCUT2D eigenvalue weighted by Gasteiger charge is 2.27. The Morgan fingerprint density at radius 3 is 2.39 bits per heavy atom. The van der Waals surface area contributed by atoms with E-state index in [9.17, 15) is 4.79 Å². The molecule has 0 aromatic heterocycles. The Bertz CT molecular complexity index is 366. The number of hydrogen-bond acceptors (Lipinski definition) is 2. The first-order valence-corrected chi connectivity index (χ1v) is 6.92. The van der Waals surface area contributed by atoms with Gasteiger partial charge in [-0.15, -0.1) is 0 Å². The molecule has 1 aliphatic rings. The van der Waals surface area contributed by atoms with Crippen molar-refractivity contribution >= 4 is 6.29 Å². The zero-order valence-electron chi connectivity index (χ0n) is 11.4. The third-order valence-electron chi connectivity index (χ3n) is 3.81. The molecule has 1 fully saturated rings. The molecule has 18 heavy (non-hydrogen) atoms. The van der Waals surface area contributed by atoms with Gasteiger partial charge in [0.05, 0.1) is 6.04 Å². The van der Waals surface area contributed by atoms with Crippen LogP contribution in [-0.2, 0) is 11.2 Å². The first-order valence-electron chi connectivity index (χ1n) is 6.92. The minimum atomic E-state index is 0.0394. The second-order valence-corrected chi connectivity index (χ2v) is 5.79. The average Bonchev–Trinajstić information content (AvgIpc) is 2.36. The van der Waals surface area contributed by atoms with Crippen LogP contribution in [0.5, 0.6) is 0 Å². The fourth-order valence-electron chi connectivity index (χ4n) is 3.10. The van der Waals surface area contributed by atoms with Gasteiger partial charge in [-0.05, 0) is 30.2 Å². The van der Waals surface area contributed by atoms with Crippen LogP contribution >= 0.6 is 0 Å². The quantitative estimate of drug-likeness (QED) is 0.760. The Morgan fingerprint density at radius 1 is 1.22 bits per heavy atom. The van der Waals surface area contributed by atoms with Gasteiger partial charge in [-0.3, -0.25) is 4.90 Å². The highest BCUT2D eigenvalue weighted by Crippen LogP contribution is 2.23. The van der Waals surface area contributed by atoms with Crippen LogP contribution < -0.4 is 0 Å². The molecule has 0 amide bonds. The smallest absolute Gasteiger partial charge is 0.137 e. The molecule has 0 bridgehead atoms. The van der Waals surface area contributed by atoms with Gasteiger partial charge in [-0.25, -0.2) is 0 Å². The van der Waals surface area contributed by atoms with Crippen LogP contribution in [0.1, 0.15) is 25.8 Å². The molecule has 0 saturated carbocycles. The Balaban J connectivity index is 2.02. The summed E-state index contributed by atoms with van der Waals surface area (Å²) in [6.45, 7) is 6.68. The van der Waals surface area contributed by atoms with Crippen molar-refractivity contribution in [1.29, 1.82) is 0 Å². The molecule has 2 rings (SSSR count). The van der Waals surface area contributed by atoms with Gasteiger partial charge in [0.15, 0.2) is 0 Å². The molecule has 3 atom stereocenters. The molecule has 3 unspecified atom stereocenters. The van der Waals surface area contributed by atoms with Gasteiger partial charge in [-0.2, -0.15) is 0 Å². The van der Waals surface area contributed by atoms with Crippen molar-refractivity contribution in [3.8, 4) is 0 Å². The highest BCUT2D eigenvalue weighted by molar-refractivity contribution is 5.58. The lowest BCUT2D eigenvalue weighted by molar-refractivity contribution is -0.113. The van der Waals surface area contributed by atoms with E-state index in [1.165, 1.54) is 12.0 Å². The van der Waals surface area contributed by atoms with Gasteiger partial charge in [0.2, 0.25) is 0 Å². The second-order valence-electron chi connectivity index (χ2n) is 5.79. The maximum atomic E-state index is 11.4. The fraction of sp³-hybridized carbons (Fsp3) is 0.562. The number of carbonyl (C=O) groups is 1. The lowest BCUT2D eigenvalue weighted by atomic mass is 9.90. The summed E-state index contributed by atoms with van der Waals surface area (Å²) in [4.78, 5) is 13.7. The summed E-state index contributed by atoms with van der Waals surface area (Å²) >= 11 is 0. The monoisotopic (exact) mass is 245 g/mol. The highest BCUT2D eigenvalue weighted by atomic mass is 16.1. The maximum absolute atomic E-state index is 11.4. The van der Waals surface area contributed by atoms with Gasteiger partial charge in [0.1, 0.15) is 6.29 Å². The van der Waals surface area contributed by atoms with Gasteiger partial charge >= 0.3 is 0 Å². The van der Waals surface area contributed by atoms with Crippen molar-refractivity contribution in [2.45, 2.75) is 32.7 Å². The molecule has 2 nitrogen and oxygen atoms in total. The minimum absolute atomic E-state index is 0.0394. The van der Waals surface area contributed by atoms with E-state index in [0.29, 0.717) is 11.8 Å². The van der Waals surface area contributed by atoms with Crippen molar-refractivity contribution in [2.75, 3.05) is 13.1 Å². The van der Waals surface area contributed by atoms with E-state index in [4.69, 9.17) is 0 Å². The van der Waals surface area contributed by atoms with E-state index in [2.05, 4.69) is 30.9 Å². The van der Waals surface area contributed by atoms with Crippen LogP contribution in [0.2, 0.25) is 0 Å². The number of benzene rings is 1. The molecule has 98 valence electrons. The lowest BCUT2D eigenvalue weighted by Gasteiger charge is -2.38. The molecule has 0 radical (unpaired) electrons. The number of aldehydes is 1. The summed E-state index contributed by atoms with van der Waals surface area (Å²) in [6, 6.07) is 10.3. The Labute approximate surface area is 110 Å². The van der Waals surface area contributed by atoms with Crippen molar-refractivity contribution < 1.29 is 4.79 Å². The summed E-state index contributed by atoms with van der Waals surface area (Å²) in [5, 5.41) is 0. The molecule has 1 aromatic carbocycles. The predicted octanol–water partition coefficient (Wildman–Crippen LogP) is 2.77. The molecule has 1 heterocycles. The number of carbonyl (C=O) groups excluding carboxylic acids is 1. The minimum Gasteiger partial charge on any atom is -0.302 e. The maximum Gasteiger partial charge on any atom is 0.137 e. The summed E-state index contributed by atoms with van der Waals surface area (Å²) in [5.41, 5.74) is 1.25. The predicted molar refractivity (Wildman–Crippen MR) is 74.5 cm³/mol. The van der Waals surface area contributed by atoms with Gasteiger partial charge in [-0.1, -0.05) is 44.2 Å².